The molecule has 0 saturated carbocycles. The van der Waals surface area contributed by atoms with Crippen molar-refractivity contribution in [2.45, 2.75) is 45.6 Å². The minimum atomic E-state index is -1.15. The number of ether oxygens (including phenoxy) is 2. The van der Waals surface area contributed by atoms with Crippen LogP contribution in [-0.2, 0) is 32.2 Å². The first-order chi connectivity index (χ1) is 22.2. The number of amides is 2. The number of hydrogen-bond acceptors (Lipinski definition) is 9. The second-order valence-corrected chi connectivity index (χ2v) is 11.2. The van der Waals surface area contributed by atoms with E-state index in [1.165, 1.54) is 0 Å². The van der Waals surface area contributed by atoms with E-state index in [2.05, 4.69) is 10.6 Å². The number of rotatable bonds is 5. The number of aliphatic hydroxyl groups excluding tert-OH is 1. The number of carbonyl (C=O) groups is 3. The predicted octanol–water partition coefficient (Wildman–Crippen LogP) is 3.85. The van der Waals surface area contributed by atoms with Crippen LogP contribution in [0.2, 0.25) is 0 Å². The number of hydrogen-bond donors (Lipinski definition) is 3. The summed E-state index contributed by atoms with van der Waals surface area (Å²) in [5, 5.41) is 17.0. The van der Waals surface area contributed by atoms with Crippen molar-refractivity contribution in [2.24, 2.45) is 4.99 Å². The lowest BCUT2D eigenvalue weighted by molar-refractivity contribution is -0.146. The van der Waals surface area contributed by atoms with Gasteiger partial charge in [-0.2, -0.15) is 0 Å². The van der Waals surface area contributed by atoms with E-state index in [-0.39, 0.29) is 37.3 Å². The van der Waals surface area contributed by atoms with Crippen molar-refractivity contribution < 1.29 is 29.0 Å². The molecule has 2 unspecified atom stereocenters. The molecule has 0 spiro atoms. The zero-order valence-electron chi connectivity index (χ0n) is 25.0. The average molecular weight is 620 g/mol. The summed E-state index contributed by atoms with van der Waals surface area (Å²) in [4.78, 5) is 60.1. The van der Waals surface area contributed by atoms with E-state index in [0.29, 0.717) is 45.0 Å². The van der Waals surface area contributed by atoms with Gasteiger partial charge in [0, 0.05) is 28.4 Å². The van der Waals surface area contributed by atoms with Crippen LogP contribution in [-0.4, -0.2) is 45.4 Å². The number of pyridine rings is 2. The van der Waals surface area contributed by atoms with Crippen molar-refractivity contribution in [3.05, 3.63) is 104 Å². The van der Waals surface area contributed by atoms with E-state index in [4.69, 9.17) is 19.5 Å². The summed E-state index contributed by atoms with van der Waals surface area (Å²) < 4.78 is 12.0. The van der Waals surface area contributed by atoms with Gasteiger partial charge in [0.05, 0.1) is 65.4 Å². The maximum absolute atomic E-state index is 13.6. The normalized spacial score (nSPS) is 18.8. The van der Waals surface area contributed by atoms with Crippen molar-refractivity contribution in [2.75, 3.05) is 6.61 Å². The van der Waals surface area contributed by atoms with Crippen LogP contribution in [0.15, 0.2) is 75.7 Å². The SMILES string of the molecule is CCOC(=O)C1=C(C)NC(=O)NC1c1ccc(N=Cc2c3c(nc4ccccc24)-c2cc4c(c(=O)n2C3)COC(=O)CC4O)cc1. The largest absolute Gasteiger partial charge is 0.463 e. The van der Waals surface area contributed by atoms with E-state index in [1.54, 1.807) is 55.0 Å². The second kappa shape index (κ2) is 11.4. The number of benzene rings is 2. The molecule has 2 aromatic carbocycles. The molecule has 7 rings (SSSR count). The molecule has 4 aromatic rings. The third kappa shape index (κ3) is 4.92. The minimum Gasteiger partial charge on any atom is -0.463 e. The van der Waals surface area contributed by atoms with Gasteiger partial charge >= 0.3 is 18.0 Å². The lowest BCUT2D eigenvalue weighted by Gasteiger charge is -2.28. The molecule has 0 fully saturated rings. The highest BCUT2D eigenvalue weighted by molar-refractivity contribution is 6.03. The lowest BCUT2D eigenvalue weighted by Crippen LogP contribution is -2.45. The van der Waals surface area contributed by atoms with Crippen LogP contribution in [0.3, 0.4) is 0 Å². The summed E-state index contributed by atoms with van der Waals surface area (Å²) in [7, 11) is 0. The number of nitrogens with one attached hydrogen (secondary N) is 2. The quantitative estimate of drug-likeness (QED) is 0.198. The first-order valence-corrected chi connectivity index (χ1v) is 14.8. The zero-order chi connectivity index (χ0) is 32.1. The van der Waals surface area contributed by atoms with Gasteiger partial charge in [0.1, 0.15) is 6.61 Å². The Labute approximate surface area is 262 Å². The van der Waals surface area contributed by atoms with Gasteiger partial charge < -0.3 is 29.8 Å². The van der Waals surface area contributed by atoms with Crippen LogP contribution < -0.4 is 16.2 Å². The molecule has 2 atom stereocenters. The van der Waals surface area contributed by atoms with Crippen LogP contribution >= 0.6 is 0 Å². The maximum Gasteiger partial charge on any atom is 0.338 e. The number of esters is 2. The summed E-state index contributed by atoms with van der Waals surface area (Å²) in [5.74, 6) is -1.07. The fourth-order valence-corrected chi connectivity index (χ4v) is 6.25. The fraction of sp³-hybridized carbons (Fsp3) is 0.235. The summed E-state index contributed by atoms with van der Waals surface area (Å²) in [6.07, 6.45) is 0.369. The van der Waals surface area contributed by atoms with Crippen molar-refractivity contribution in [3.63, 3.8) is 0 Å². The highest BCUT2D eigenvalue weighted by atomic mass is 16.5. The standard InChI is InChI=1S/C34H29N5O7/c1-3-45-33(43)29-17(2)36-34(44)38-30(29)18-8-10-19(11-9-18)35-14-22-20-6-4-5-7-25(20)37-31-23(22)15-39-26(31)12-21-24(32(39)42)16-46-28(41)13-27(21)40/h4-12,14,27,30,40H,3,13,15-16H2,1-2H3,(H2,36,38,44). The molecule has 3 aliphatic rings. The smallest absolute Gasteiger partial charge is 0.338 e. The van der Waals surface area contributed by atoms with Crippen molar-refractivity contribution in [1.29, 1.82) is 0 Å². The summed E-state index contributed by atoms with van der Waals surface area (Å²) in [6, 6.07) is 15.4. The first-order valence-electron chi connectivity index (χ1n) is 14.8. The molecule has 46 heavy (non-hydrogen) atoms. The molecule has 0 aliphatic carbocycles. The van der Waals surface area contributed by atoms with Gasteiger partial charge in [0.15, 0.2) is 0 Å². The number of aliphatic hydroxyl groups is 1. The number of nitrogens with zero attached hydrogens (tertiary/aromatic N) is 3. The van der Waals surface area contributed by atoms with Crippen LogP contribution in [0.1, 0.15) is 60.2 Å². The van der Waals surface area contributed by atoms with E-state index < -0.39 is 30.1 Å². The van der Waals surface area contributed by atoms with Crippen LogP contribution in [0, 0.1) is 0 Å². The number of cyclic esters (lactones) is 1. The first kappa shape index (κ1) is 29.1. The number of allylic oxidation sites excluding steroid dienone is 1. The minimum absolute atomic E-state index is 0.196. The van der Waals surface area contributed by atoms with Crippen LogP contribution in [0.5, 0.6) is 0 Å². The van der Waals surface area contributed by atoms with Gasteiger partial charge in [-0.15, -0.1) is 0 Å². The molecule has 12 heteroatoms. The monoisotopic (exact) mass is 619 g/mol. The molecule has 0 bridgehead atoms. The van der Waals surface area contributed by atoms with Gasteiger partial charge in [-0.25, -0.2) is 14.6 Å². The van der Waals surface area contributed by atoms with Gasteiger partial charge in [-0.05, 0) is 49.2 Å². The number of urea groups is 1. The van der Waals surface area contributed by atoms with Gasteiger partial charge in [0.2, 0.25) is 0 Å². The zero-order valence-corrected chi connectivity index (χ0v) is 25.0. The van der Waals surface area contributed by atoms with Crippen molar-refractivity contribution in [3.8, 4) is 11.4 Å². The molecular weight excluding hydrogens is 590 g/mol. The third-order valence-corrected chi connectivity index (χ3v) is 8.46. The van der Waals surface area contributed by atoms with Gasteiger partial charge in [-0.1, -0.05) is 30.3 Å². The Morgan fingerprint density at radius 3 is 2.72 bits per heavy atom. The molecule has 3 N–H and O–H groups in total. The average Bonchev–Trinajstić information content (AvgIpc) is 3.33. The molecule has 2 amide bonds. The Morgan fingerprint density at radius 1 is 1.15 bits per heavy atom. The second-order valence-electron chi connectivity index (χ2n) is 11.2. The summed E-state index contributed by atoms with van der Waals surface area (Å²) in [6.45, 7) is 3.62. The van der Waals surface area contributed by atoms with Crippen LogP contribution in [0.25, 0.3) is 22.3 Å². The number of para-hydroxylation sites is 1. The summed E-state index contributed by atoms with van der Waals surface area (Å²) >= 11 is 0. The topological polar surface area (TPSA) is 161 Å². The molecule has 12 nitrogen and oxygen atoms in total. The molecule has 0 saturated heterocycles. The summed E-state index contributed by atoms with van der Waals surface area (Å²) in [5.41, 5.74) is 5.85. The fourth-order valence-electron chi connectivity index (χ4n) is 6.25. The number of aliphatic imine (C=N–C) groups is 1. The molecule has 3 aliphatic heterocycles. The number of aromatic nitrogens is 2. The van der Waals surface area contributed by atoms with Gasteiger partial charge in [0.25, 0.3) is 5.56 Å². The predicted molar refractivity (Wildman–Crippen MR) is 167 cm³/mol. The van der Waals surface area contributed by atoms with E-state index in [1.807, 2.05) is 24.3 Å². The highest BCUT2D eigenvalue weighted by Gasteiger charge is 2.33. The van der Waals surface area contributed by atoms with Crippen molar-refractivity contribution in [1.82, 2.24) is 20.2 Å². The molecule has 232 valence electrons. The van der Waals surface area contributed by atoms with E-state index in [0.717, 1.165) is 16.5 Å². The van der Waals surface area contributed by atoms with Crippen molar-refractivity contribution >= 4 is 40.8 Å². The molecule has 2 aromatic heterocycles. The molecule has 5 heterocycles. The van der Waals surface area contributed by atoms with E-state index >= 15 is 0 Å². The van der Waals surface area contributed by atoms with Gasteiger partial charge in [-0.3, -0.25) is 14.6 Å². The molecule has 0 radical (unpaired) electrons. The Bertz CT molecular complexity index is 2080. The third-order valence-electron chi connectivity index (χ3n) is 8.46. The highest BCUT2D eigenvalue weighted by Crippen LogP contribution is 2.37. The Morgan fingerprint density at radius 2 is 1.93 bits per heavy atom. The Balaban J connectivity index is 1.26. The maximum atomic E-state index is 13.6. The van der Waals surface area contributed by atoms with Crippen LogP contribution in [0.4, 0.5) is 10.5 Å². The Kier molecular flexibility index (Phi) is 7.20. The molecular formula is C34H29N5O7. The Hall–Kier alpha value is -5.62. The number of fused-ring (bicyclic) bond motifs is 5. The van der Waals surface area contributed by atoms with E-state index in [9.17, 15) is 24.3 Å². The lowest BCUT2D eigenvalue weighted by atomic mass is 9.95. The number of carbonyl (C=O) groups excluding carboxylic acids is 3.